The average molecular weight is 284 g/mol. The predicted molar refractivity (Wildman–Crippen MR) is 85.1 cm³/mol. The number of fused-ring (bicyclic) bond motifs is 1. The summed E-state index contributed by atoms with van der Waals surface area (Å²) in [4.78, 5) is 6.79. The number of nitrogens with two attached hydrogens (primary N) is 1. The highest BCUT2D eigenvalue weighted by molar-refractivity contribution is 5.96. The summed E-state index contributed by atoms with van der Waals surface area (Å²) in [7, 11) is 1.68. The number of amidine groups is 1. The van der Waals surface area contributed by atoms with Crippen LogP contribution in [0, 0.1) is 11.3 Å². The monoisotopic (exact) mass is 284 g/mol. The number of hydrogen-bond acceptors (Lipinski definition) is 4. The molecule has 0 radical (unpaired) electrons. The molecule has 5 nitrogen and oxygen atoms in total. The zero-order chi connectivity index (χ0) is 14.8. The van der Waals surface area contributed by atoms with Crippen molar-refractivity contribution in [2.75, 3.05) is 25.1 Å². The third-order valence-corrected chi connectivity index (χ3v) is 4.13. The molecule has 0 amide bonds. The van der Waals surface area contributed by atoms with Crippen LogP contribution in [0.5, 0.6) is 5.75 Å². The summed E-state index contributed by atoms with van der Waals surface area (Å²) in [5.41, 5.74) is 5.68. The van der Waals surface area contributed by atoms with Crippen molar-refractivity contribution in [1.82, 2.24) is 4.98 Å². The van der Waals surface area contributed by atoms with Gasteiger partial charge in [-0.3, -0.25) is 5.41 Å². The lowest BCUT2D eigenvalue weighted by atomic mass is 9.96. The first-order chi connectivity index (χ1) is 10.2. The van der Waals surface area contributed by atoms with Crippen molar-refractivity contribution in [2.45, 2.75) is 12.8 Å². The summed E-state index contributed by atoms with van der Waals surface area (Å²) in [5, 5.41) is 9.83. The van der Waals surface area contributed by atoms with E-state index in [0.29, 0.717) is 0 Å². The van der Waals surface area contributed by atoms with Gasteiger partial charge in [0.05, 0.1) is 12.9 Å². The molecule has 3 N–H and O–H groups in total. The Kier molecular flexibility index (Phi) is 3.64. The number of nitrogens with zero attached hydrogens (tertiary/aromatic N) is 2. The van der Waals surface area contributed by atoms with Crippen molar-refractivity contribution in [2.24, 2.45) is 11.7 Å². The minimum absolute atomic E-state index is 0.126. The van der Waals surface area contributed by atoms with E-state index in [4.69, 9.17) is 15.9 Å². The lowest BCUT2D eigenvalue weighted by molar-refractivity contribution is 0.420. The average Bonchev–Trinajstić information content (AvgIpc) is 2.53. The molecule has 1 aliphatic heterocycles. The van der Waals surface area contributed by atoms with Gasteiger partial charge in [0.2, 0.25) is 0 Å². The topological polar surface area (TPSA) is 75.2 Å². The molecule has 2 aromatic rings. The standard InChI is InChI=1S/C16H20N4O/c1-21-14-6-2-5-13-12(14)7-8-19-16(13)20-9-3-4-11(10-20)15(17)18/h2,5-8,11H,3-4,9-10H2,1H3,(H3,17,18). The third-order valence-electron chi connectivity index (χ3n) is 4.13. The fraction of sp³-hybridized carbons (Fsp3) is 0.375. The highest BCUT2D eigenvalue weighted by Gasteiger charge is 2.24. The summed E-state index contributed by atoms with van der Waals surface area (Å²) in [5.74, 6) is 2.22. The van der Waals surface area contributed by atoms with Crippen molar-refractivity contribution in [1.29, 1.82) is 5.41 Å². The van der Waals surface area contributed by atoms with Gasteiger partial charge in [0, 0.05) is 36.0 Å². The van der Waals surface area contributed by atoms with Crippen molar-refractivity contribution in [3.8, 4) is 5.75 Å². The molecule has 0 saturated carbocycles. The fourth-order valence-corrected chi connectivity index (χ4v) is 3.02. The van der Waals surface area contributed by atoms with Crippen LogP contribution >= 0.6 is 0 Å². The van der Waals surface area contributed by atoms with E-state index in [1.54, 1.807) is 7.11 Å². The number of pyridine rings is 1. The minimum atomic E-state index is 0.126. The van der Waals surface area contributed by atoms with Gasteiger partial charge in [-0.15, -0.1) is 0 Å². The van der Waals surface area contributed by atoms with Gasteiger partial charge in [-0.1, -0.05) is 12.1 Å². The van der Waals surface area contributed by atoms with Crippen LogP contribution in [0.1, 0.15) is 12.8 Å². The van der Waals surface area contributed by atoms with Crippen LogP contribution in [0.3, 0.4) is 0 Å². The number of rotatable bonds is 3. The maximum absolute atomic E-state index is 7.68. The summed E-state index contributed by atoms with van der Waals surface area (Å²) < 4.78 is 5.43. The predicted octanol–water partition coefficient (Wildman–Crippen LogP) is 2.40. The van der Waals surface area contributed by atoms with E-state index in [0.717, 1.165) is 48.3 Å². The summed E-state index contributed by atoms with van der Waals surface area (Å²) in [6.07, 6.45) is 3.84. The second-order valence-corrected chi connectivity index (χ2v) is 5.43. The lowest BCUT2D eigenvalue weighted by Gasteiger charge is -2.33. The van der Waals surface area contributed by atoms with Gasteiger partial charge in [0.1, 0.15) is 11.6 Å². The van der Waals surface area contributed by atoms with Gasteiger partial charge in [-0.25, -0.2) is 4.98 Å². The van der Waals surface area contributed by atoms with E-state index >= 15 is 0 Å². The SMILES string of the molecule is COc1cccc2c(N3CCCC(C(=N)N)C3)nccc12. The van der Waals surface area contributed by atoms with E-state index in [1.165, 1.54) is 0 Å². The number of aromatic nitrogens is 1. The quantitative estimate of drug-likeness (QED) is 0.670. The molecule has 1 fully saturated rings. The lowest BCUT2D eigenvalue weighted by Crippen LogP contribution is -2.41. The minimum Gasteiger partial charge on any atom is -0.496 e. The summed E-state index contributed by atoms with van der Waals surface area (Å²) in [6.45, 7) is 1.71. The molecular formula is C16H20N4O. The molecule has 0 aliphatic carbocycles. The molecular weight excluding hydrogens is 264 g/mol. The van der Waals surface area contributed by atoms with Crippen LogP contribution in [0.4, 0.5) is 5.82 Å². The van der Waals surface area contributed by atoms with Crippen LogP contribution < -0.4 is 15.4 Å². The smallest absolute Gasteiger partial charge is 0.136 e. The van der Waals surface area contributed by atoms with Crippen molar-refractivity contribution in [3.63, 3.8) is 0 Å². The maximum atomic E-state index is 7.68. The molecule has 3 rings (SSSR count). The number of benzene rings is 1. The van der Waals surface area contributed by atoms with E-state index in [9.17, 15) is 0 Å². The summed E-state index contributed by atoms with van der Waals surface area (Å²) in [6, 6.07) is 7.99. The first-order valence-corrected chi connectivity index (χ1v) is 7.21. The zero-order valence-electron chi connectivity index (χ0n) is 12.2. The Hall–Kier alpha value is -2.30. The molecule has 21 heavy (non-hydrogen) atoms. The maximum Gasteiger partial charge on any atom is 0.136 e. The Balaban J connectivity index is 2.02. The van der Waals surface area contributed by atoms with Crippen LogP contribution in [-0.2, 0) is 0 Å². The number of piperidine rings is 1. The highest BCUT2D eigenvalue weighted by atomic mass is 16.5. The van der Waals surface area contributed by atoms with Gasteiger partial charge >= 0.3 is 0 Å². The molecule has 1 saturated heterocycles. The molecule has 110 valence electrons. The van der Waals surface area contributed by atoms with Gasteiger partial charge in [0.25, 0.3) is 0 Å². The van der Waals surface area contributed by atoms with E-state index in [1.807, 2.05) is 24.4 Å². The van der Waals surface area contributed by atoms with Gasteiger partial charge in [0.15, 0.2) is 0 Å². The molecule has 1 aromatic heterocycles. The van der Waals surface area contributed by atoms with E-state index in [2.05, 4.69) is 16.0 Å². The Labute approximate surface area is 124 Å². The number of methoxy groups -OCH3 is 1. The molecule has 0 spiro atoms. The third kappa shape index (κ3) is 2.51. The van der Waals surface area contributed by atoms with Crippen LogP contribution in [-0.4, -0.2) is 31.0 Å². The molecule has 5 heteroatoms. The Morgan fingerprint density at radius 1 is 1.38 bits per heavy atom. The molecule has 1 aromatic carbocycles. The fourth-order valence-electron chi connectivity index (χ4n) is 3.02. The van der Waals surface area contributed by atoms with E-state index in [-0.39, 0.29) is 11.8 Å². The highest BCUT2D eigenvalue weighted by Crippen LogP contribution is 2.32. The second-order valence-electron chi connectivity index (χ2n) is 5.43. The normalized spacial score (nSPS) is 18.7. The molecule has 1 unspecified atom stereocenters. The second kappa shape index (κ2) is 5.60. The molecule has 1 atom stereocenters. The molecule has 2 heterocycles. The number of nitrogens with one attached hydrogen (secondary N) is 1. The van der Waals surface area contributed by atoms with Crippen molar-refractivity contribution >= 4 is 22.4 Å². The number of anilines is 1. The van der Waals surface area contributed by atoms with Crippen LogP contribution in [0.2, 0.25) is 0 Å². The van der Waals surface area contributed by atoms with Crippen molar-refractivity contribution in [3.05, 3.63) is 30.5 Å². The Bertz CT molecular complexity index is 670. The van der Waals surface area contributed by atoms with Gasteiger partial charge in [-0.2, -0.15) is 0 Å². The van der Waals surface area contributed by atoms with Crippen molar-refractivity contribution < 1.29 is 4.74 Å². The van der Waals surface area contributed by atoms with Gasteiger partial charge in [-0.05, 0) is 25.0 Å². The molecule has 0 bridgehead atoms. The first kappa shape index (κ1) is 13.7. The first-order valence-electron chi connectivity index (χ1n) is 7.21. The Morgan fingerprint density at radius 3 is 3.00 bits per heavy atom. The van der Waals surface area contributed by atoms with E-state index < -0.39 is 0 Å². The summed E-state index contributed by atoms with van der Waals surface area (Å²) >= 11 is 0. The zero-order valence-corrected chi connectivity index (χ0v) is 12.2. The number of ether oxygens (including phenoxy) is 1. The van der Waals surface area contributed by atoms with Gasteiger partial charge < -0.3 is 15.4 Å². The van der Waals surface area contributed by atoms with Crippen LogP contribution in [0.15, 0.2) is 30.5 Å². The largest absolute Gasteiger partial charge is 0.496 e. The Morgan fingerprint density at radius 2 is 2.24 bits per heavy atom. The molecule has 1 aliphatic rings. The van der Waals surface area contributed by atoms with Crippen LogP contribution in [0.25, 0.3) is 10.8 Å². The number of hydrogen-bond donors (Lipinski definition) is 2.